The van der Waals surface area contributed by atoms with Gasteiger partial charge in [-0.15, -0.1) is 0 Å². The van der Waals surface area contributed by atoms with E-state index in [9.17, 15) is 24.6 Å². The second-order valence-corrected chi connectivity index (χ2v) is 11.1. The van der Waals surface area contributed by atoms with Crippen molar-refractivity contribution in [1.29, 1.82) is 0 Å². The Morgan fingerprint density at radius 1 is 1.19 bits per heavy atom. The minimum atomic E-state index is -1.37. The maximum absolute atomic E-state index is 13.1. The van der Waals surface area contributed by atoms with Crippen LogP contribution in [0.4, 0.5) is 0 Å². The lowest BCUT2D eigenvalue weighted by Gasteiger charge is -2.60. The summed E-state index contributed by atoms with van der Waals surface area (Å²) < 4.78 is 5.98. The molecule has 0 aliphatic heterocycles. The molecule has 3 saturated carbocycles. The van der Waals surface area contributed by atoms with Crippen LogP contribution in [-0.2, 0) is 19.1 Å². The number of carbonyl (C=O) groups is 3. The number of esters is 1. The first-order valence-electron chi connectivity index (χ1n) is 12.4. The van der Waals surface area contributed by atoms with Gasteiger partial charge in [-0.3, -0.25) is 14.4 Å². The molecule has 178 valence electrons. The lowest BCUT2D eigenvalue weighted by molar-refractivity contribution is -0.202. The first-order chi connectivity index (χ1) is 15.1. The Labute approximate surface area is 190 Å². The topological polar surface area (TPSA) is 101 Å². The van der Waals surface area contributed by atoms with E-state index in [2.05, 4.69) is 6.92 Å². The number of fused-ring (bicyclic) bond motifs is 5. The van der Waals surface area contributed by atoms with E-state index in [4.69, 9.17) is 4.74 Å². The van der Waals surface area contributed by atoms with Gasteiger partial charge in [-0.25, -0.2) is 0 Å². The molecule has 0 bridgehead atoms. The Hall–Kier alpha value is -1.53. The van der Waals surface area contributed by atoms with Crippen LogP contribution in [0.15, 0.2) is 11.6 Å². The largest absolute Gasteiger partial charge is 0.450 e. The number of rotatable bonds is 6. The van der Waals surface area contributed by atoms with E-state index in [0.717, 1.165) is 32.1 Å². The molecule has 4 aliphatic carbocycles. The van der Waals surface area contributed by atoms with Crippen molar-refractivity contribution in [3.63, 3.8) is 0 Å². The fourth-order valence-corrected chi connectivity index (χ4v) is 8.05. The van der Waals surface area contributed by atoms with Crippen LogP contribution < -0.4 is 0 Å². The van der Waals surface area contributed by atoms with Gasteiger partial charge in [0.05, 0.1) is 6.10 Å². The van der Waals surface area contributed by atoms with Crippen molar-refractivity contribution in [3.05, 3.63) is 11.6 Å². The normalized spacial score (nSPS) is 43.0. The van der Waals surface area contributed by atoms with Gasteiger partial charge in [-0.05, 0) is 74.2 Å². The summed E-state index contributed by atoms with van der Waals surface area (Å²) in [5.41, 5.74) is -1.12. The minimum Gasteiger partial charge on any atom is -0.450 e. The predicted molar refractivity (Wildman–Crippen MR) is 119 cm³/mol. The summed E-state index contributed by atoms with van der Waals surface area (Å²) in [5.74, 6) is -0.297. The number of aliphatic hydroxyl groups excluding tert-OH is 2. The van der Waals surface area contributed by atoms with Crippen molar-refractivity contribution in [2.45, 2.75) is 96.7 Å². The summed E-state index contributed by atoms with van der Waals surface area (Å²) in [7, 11) is 0. The number of carbonyl (C=O) groups excluding carboxylic acids is 3. The molecule has 0 aromatic carbocycles. The number of unbranched alkanes of at least 4 members (excludes halogenated alkanes) is 1. The molecule has 0 aromatic heterocycles. The van der Waals surface area contributed by atoms with Crippen LogP contribution in [-0.4, -0.2) is 46.1 Å². The maximum atomic E-state index is 13.1. The van der Waals surface area contributed by atoms with Gasteiger partial charge in [-0.1, -0.05) is 32.8 Å². The summed E-state index contributed by atoms with van der Waals surface area (Å²) >= 11 is 0. The third-order valence-corrected chi connectivity index (χ3v) is 9.63. The van der Waals surface area contributed by atoms with Crippen molar-refractivity contribution in [2.75, 3.05) is 6.61 Å². The van der Waals surface area contributed by atoms with Gasteiger partial charge in [0.15, 0.2) is 11.4 Å². The molecule has 0 heterocycles. The molecule has 0 amide bonds. The van der Waals surface area contributed by atoms with Crippen molar-refractivity contribution in [2.24, 2.45) is 28.6 Å². The van der Waals surface area contributed by atoms with Gasteiger partial charge >= 0.3 is 5.97 Å². The smallest absolute Gasteiger partial charge is 0.306 e. The molecule has 7 atom stereocenters. The average molecular weight is 447 g/mol. The Bertz CT molecular complexity index is 832. The summed E-state index contributed by atoms with van der Waals surface area (Å²) in [6.45, 7) is 5.51. The molecule has 0 spiro atoms. The Balaban J connectivity index is 1.70. The van der Waals surface area contributed by atoms with Crippen LogP contribution in [0.25, 0.3) is 0 Å². The monoisotopic (exact) mass is 446 g/mol. The number of hydrogen-bond acceptors (Lipinski definition) is 6. The second-order valence-electron chi connectivity index (χ2n) is 11.1. The zero-order valence-corrected chi connectivity index (χ0v) is 19.7. The maximum Gasteiger partial charge on any atom is 0.306 e. The van der Waals surface area contributed by atoms with Crippen LogP contribution in [0.1, 0.15) is 85.0 Å². The Morgan fingerprint density at radius 2 is 1.94 bits per heavy atom. The first-order valence-corrected chi connectivity index (χ1v) is 12.4. The predicted octanol–water partition coefficient (Wildman–Crippen LogP) is 3.52. The standard InChI is InChI=1S/C26H38O6/c1-4-5-6-22(31)32-26(21(30)15-27)12-10-19-18-8-7-16-13-17(28)9-11-24(16,2)23(18)20(29)14-25(19,26)3/h13,18-20,23,27,29H,4-12,14-15H2,1-3H3/t18-,19-,20-,23+,24+,25-,26-/m0/s1. The van der Waals surface area contributed by atoms with Gasteiger partial charge in [0, 0.05) is 18.3 Å². The molecule has 4 rings (SSSR count). The minimum absolute atomic E-state index is 0.0319. The highest BCUT2D eigenvalue weighted by molar-refractivity contribution is 5.92. The molecular formula is C26H38O6. The lowest BCUT2D eigenvalue weighted by atomic mass is 9.45. The van der Waals surface area contributed by atoms with E-state index in [1.54, 1.807) is 0 Å². The molecule has 0 radical (unpaired) electrons. The third kappa shape index (κ3) is 3.32. The zero-order chi connectivity index (χ0) is 23.3. The Kier molecular flexibility index (Phi) is 6.17. The molecule has 0 aromatic rings. The van der Waals surface area contributed by atoms with Crippen molar-refractivity contribution < 1.29 is 29.3 Å². The number of ether oxygens (including phenoxy) is 1. The van der Waals surface area contributed by atoms with Crippen LogP contribution in [0.2, 0.25) is 0 Å². The van der Waals surface area contributed by atoms with Crippen molar-refractivity contribution >= 4 is 17.5 Å². The molecule has 2 N–H and O–H groups in total. The van der Waals surface area contributed by atoms with Crippen molar-refractivity contribution in [3.8, 4) is 0 Å². The molecule has 3 fully saturated rings. The fraction of sp³-hybridized carbons (Fsp3) is 0.808. The first kappa shape index (κ1) is 23.6. The molecule has 0 saturated heterocycles. The van der Waals surface area contributed by atoms with E-state index in [1.807, 2.05) is 19.9 Å². The van der Waals surface area contributed by atoms with Gasteiger partial charge in [0.25, 0.3) is 0 Å². The van der Waals surface area contributed by atoms with Crippen molar-refractivity contribution in [1.82, 2.24) is 0 Å². The second kappa shape index (κ2) is 8.35. The quantitative estimate of drug-likeness (QED) is 0.606. The molecule has 32 heavy (non-hydrogen) atoms. The van der Waals surface area contributed by atoms with E-state index in [-0.39, 0.29) is 35.4 Å². The number of hydrogen-bond donors (Lipinski definition) is 2. The van der Waals surface area contributed by atoms with Crippen LogP contribution >= 0.6 is 0 Å². The molecule has 4 aliphatic rings. The van der Waals surface area contributed by atoms with E-state index in [1.165, 1.54) is 5.57 Å². The van der Waals surface area contributed by atoms with Crippen LogP contribution in [0.5, 0.6) is 0 Å². The highest BCUT2D eigenvalue weighted by Crippen LogP contribution is 2.68. The number of ketones is 2. The third-order valence-electron chi connectivity index (χ3n) is 9.63. The molecule has 0 unspecified atom stereocenters. The average Bonchev–Trinajstić information content (AvgIpc) is 3.04. The van der Waals surface area contributed by atoms with E-state index in [0.29, 0.717) is 25.7 Å². The van der Waals surface area contributed by atoms with Crippen LogP contribution in [0, 0.1) is 28.6 Å². The van der Waals surface area contributed by atoms with Crippen LogP contribution in [0.3, 0.4) is 0 Å². The molecule has 6 heteroatoms. The summed E-state index contributed by atoms with van der Waals surface area (Å²) in [6, 6.07) is 0. The Morgan fingerprint density at radius 3 is 2.62 bits per heavy atom. The number of allylic oxidation sites excluding steroid dienone is 1. The molecule has 6 nitrogen and oxygen atoms in total. The molecular weight excluding hydrogens is 408 g/mol. The van der Waals surface area contributed by atoms with Gasteiger partial charge < -0.3 is 14.9 Å². The van der Waals surface area contributed by atoms with E-state index < -0.39 is 35.5 Å². The summed E-state index contributed by atoms with van der Waals surface area (Å²) in [4.78, 5) is 37.9. The van der Waals surface area contributed by atoms with Gasteiger partial charge in [0.1, 0.15) is 6.61 Å². The summed E-state index contributed by atoms with van der Waals surface area (Å²) in [6.07, 6.45) is 7.44. The lowest BCUT2D eigenvalue weighted by Crippen LogP contribution is -2.63. The van der Waals surface area contributed by atoms with Gasteiger partial charge in [-0.2, -0.15) is 0 Å². The summed E-state index contributed by atoms with van der Waals surface area (Å²) in [5, 5.41) is 21.4. The van der Waals surface area contributed by atoms with E-state index >= 15 is 0 Å². The number of Topliss-reactive ketones (excluding diaryl/α,β-unsaturated/α-hetero) is 1. The zero-order valence-electron chi connectivity index (χ0n) is 19.7. The SMILES string of the molecule is CCCCC(=O)O[C@]1(C(=O)CO)CC[C@H]2[C@@H]3CCC4=CC(=O)CC[C@@]4(C)[C@H]3[C@@H](O)C[C@@]21C. The number of aliphatic hydroxyl groups is 2. The van der Waals surface area contributed by atoms with Gasteiger partial charge in [0.2, 0.25) is 5.78 Å². The highest BCUT2D eigenvalue weighted by atomic mass is 16.6. The highest BCUT2D eigenvalue weighted by Gasteiger charge is 2.70. The fourth-order valence-electron chi connectivity index (χ4n) is 8.05.